The van der Waals surface area contributed by atoms with Crippen LogP contribution in [0.2, 0.25) is 5.02 Å². The van der Waals surface area contributed by atoms with Crippen molar-refractivity contribution in [3.05, 3.63) is 64.3 Å². The van der Waals surface area contributed by atoms with Crippen molar-refractivity contribution in [2.45, 2.75) is 13.5 Å². The smallest absolute Gasteiger partial charge is 0.341 e. The molecule has 0 fully saturated rings. The van der Waals surface area contributed by atoms with Crippen LogP contribution < -0.4 is 10.1 Å². The molecule has 7 nitrogen and oxygen atoms in total. The van der Waals surface area contributed by atoms with Crippen molar-refractivity contribution in [2.75, 3.05) is 14.2 Å². The van der Waals surface area contributed by atoms with Gasteiger partial charge in [0.15, 0.2) is 0 Å². The maximum atomic E-state index is 13.2. The number of ether oxygens (including phenoxy) is 1. The monoisotopic (exact) mass is 401 g/mol. The highest BCUT2D eigenvalue weighted by molar-refractivity contribution is 6.30. The normalized spacial score (nSPS) is 10.8. The molecule has 0 unspecified atom stereocenters. The molecule has 0 radical (unpaired) electrons. The standard InChI is InChI=1S/C20H20ClN3O4/c1-12-17(11-23(27)20(26)22-2)16-10-15(28-3)8-9-18(16)24(12)19(25)13-4-6-14(21)7-5-13/h4-10,27H,11H2,1-3H3,(H,22,26). The van der Waals surface area contributed by atoms with E-state index < -0.39 is 6.03 Å². The lowest BCUT2D eigenvalue weighted by molar-refractivity contribution is -0.0499. The summed E-state index contributed by atoms with van der Waals surface area (Å²) in [6.45, 7) is 1.68. The molecular formula is C20H20ClN3O4. The largest absolute Gasteiger partial charge is 0.497 e. The molecule has 3 rings (SSSR count). The minimum atomic E-state index is -0.646. The third-order valence-electron chi connectivity index (χ3n) is 4.59. The third kappa shape index (κ3) is 3.54. The zero-order valence-corrected chi connectivity index (χ0v) is 16.4. The number of benzene rings is 2. The first-order chi connectivity index (χ1) is 13.4. The Hall–Kier alpha value is -3.03. The summed E-state index contributed by atoms with van der Waals surface area (Å²) in [5.41, 5.74) is 2.38. The Morgan fingerprint density at radius 3 is 2.50 bits per heavy atom. The molecule has 0 aliphatic heterocycles. The number of carbonyl (C=O) groups excluding carboxylic acids is 2. The van der Waals surface area contributed by atoms with E-state index in [-0.39, 0.29) is 12.5 Å². The second kappa shape index (κ2) is 7.92. The minimum absolute atomic E-state index is 0.0872. The van der Waals surface area contributed by atoms with Crippen LogP contribution >= 0.6 is 11.6 Å². The van der Waals surface area contributed by atoms with Crippen LogP contribution in [0.3, 0.4) is 0 Å². The van der Waals surface area contributed by atoms with Crippen LogP contribution in [-0.4, -0.2) is 40.9 Å². The number of hydrogen-bond acceptors (Lipinski definition) is 4. The molecule has 0 aliphatic rings. The van der Waals surface area contributed by atoms with Gasteiger partial charge in [-0.1, -0.05) is 11.6 Å². The lowest BCUT2D eigenvalue weighted by atomic mass is 10.1. The maximum Gasteiger partial charge on any atom is 0.341 e. The Kier molecular flexibility index (Phi) is 5.58. The van der Waals surface area contributed by atoms with E-state index in [2.05, 4.69) is 5.32 Å². The van der Waals surface area contributed by atoms with E-state index in [1.54, 1.807) is 61.1 Å². The number of nitrogens with zero attached hydrogens (tertiary/aromatic N) is 2. The van der Waals surface area contributed by atoms with Crippen LogP contribution in [0.4, 0.5) is 4.79 Å². The number of carbonyl (C=O) groups is 2. The van der Waals surface area contributed by atoms with Gasteiger partial charge in [-0.3, -0.25) is 14.6 Å². The number of halogens is 1. The van der Waals surface area contributed by atoms with Crippen LogP contribution in [-0.2, 0) is 6.54 Å². The molecule has 0 bridgehead atoms. The molecule has 0 saturated heterocycles. The fourth-order valence-corrected chi connectivity index (χ4v) is 3.25. The zero-order valence-electron chi connectivity index (χ0n) is 15.7. The fraction of sp³-hybridized carbons (Fsp3) is 0.200. The van der Waals surface area contributed by atoms with Gasteiger partial charge in [-0.25, -0.2) is 9.86 Å². The highest BCUT2D eigenvalue weighted by Crippen LogP contribution is 2.31. The number of urea groups is 1. The molecule has 28 heavy (non-hydrogen) atoms. The number of aromatic nitrogens is 1. The van der Waals surface area contributed by atoms with Gasteiger partial charge in [0.1, 0.15) is 5.75 Å². The van der Waals surface area contributed by atoms with E-state index >= 15 is 0 Å². The van der Waals surface area contributed by atoms with Crippen LogP contribution in [0.15, 0.2) is 42.5 Å². The highest BCUT2D eigenvalue weighted by Gasteiger charge is 2.22. The predicted octanol–water partition coefficient (Wildman–Crippen LogP) is 3.83. The summed E-state index contributed by atoms with van der Waals surface area (Å²) in [6, 6.07) is 11.3. The van der Waals surface area contributed by atoms with E-state index in [4.69, 9.17) is 16.3 Å². The molecule has 1 heterocycles. The van der Waals surface area contributed by atoms with Crippen LogP contribution in [0.1, 0.15) is 21.6 Å². The minimum Gasteiger partial charge on any atom is -0.497 e. The van der Waals surface area contributed by atoms with Gasteiger partial charge in [0.25, 0.3) is 5.91 Å². The molecule has 0 aliphatic carbocycles. The molecule has 2 aromatic carbocycles. The predicted molar refractivity (Wildman–Crippen MR) is 106 cm³/mol. The average Bonchev–Trinajstić information content (AvgIpc) is 2.98. The molecule has 0 spiro atoms. The fourth-order valence-electron chi connectivity index (χ4n) is 3.12. The molecule has 8 heteroatoms. The van der Waals surface area contributed by atoms with Crippen molar-refractivity contribution in [1.82, 2.24) is 14.9 Å². The van der Waals surface area contributed by atoms with E-state index in [1.165, 1.54) is 7.05 Å². The number of methoxy groups -OCH3 is 1. The van der Waals surface area contributed by atoms with E-state index in [9.17, 15) is 14.8 Å². The van der Waals surface area contributed by atoms with Crippen molar-refractivity contribution < 1.29 is 19.5 Å². The summed E-state index contributed by atoms with van der Waals surface area (Å²) in [7, 11) is 2.97. The van der Waals surface area contributed by atoms with Gasteiger partial charge in [0.05, 0.1) is 19.2 Å². The first-order valence-electron chi connectivity index (χ1n) is 8.53. The van der Waals surface area contributed by atoms with Gasteiger partial charge in [-0.15, -0.1) is 0 Å². The topological polar surface area (TPSA) is 83.8 Å². The Balaban J connectivity index is 2.17. The van der Waals surface area contributed by atoms with Crippen LogP contribution in [0, 0.1) is 6.92 Å². The summed E-state index contributed by atoms with van der Waals surface area (Å²) < 4.78 is 6.85. The second-order valence-corrected chi connectivity index (χ2v) is 6.64. The summed E-state index contributed by atoms with van der Waals surface area (Å²) >= 11 is 5.92. The lowest BCUT2D eigenvalue weighted by Crippen LogP contribution is -2.35. The number of nitrogens with one attached hydrogen (secondary N) is 1. The maximum absolute atomic E-state index is 13.2. The van der Waals surface area contributed by atoms with E-state index in [0.717, 1.165) is 0 Å². The Morgan fingerprint density at radius 1 is 1.21 bits per heavy atom. The number of fused-ring (bicyclic) bond motifs is 1. The number of amides is 2. The van der Waals surface area contributed by atoms with E-state index in [1.807, 2.05) is 0 Å². The third-order valence-corrected chi connectivity index (χ3v) is 4.84. The van der Waals surface area contributed by atoms with Gasteiger partial charge in [0.2, 0.25) is 0 Å². The van der Waals surface area contributed by atoms with Crippen LogP contribution in [0.25, 0.3) is 10.9 Å². The first kappa shape index (κ1) is 19.7. The van der Waals surface area contributed by atoms with Crippen molar-refractivity contribution in [1.29, 1.82) is 0 Å². The summed E-state index contributed by atoms with van der Waals surface area (Å²) in [4.78, 5) is 24.9. The Bertz CT molecular complexity index is 1040. The van der Waals surface area contributed by atoms with Crippen LogP contribution in [0.5, 0.6) is 5.75 Å². The number of rotatable bonds is 4. The van der Waals surface area contributed by atoms with Crippen molar-refractivity contribution in [2.24, 2.45) is 0 Å². The molecular weight excluding hydrogens is 382 g/mol. The summed E-state index contributed by atoms with van der Waals surface area (Å²) in [6.07, 6.45) is 0. The molecule has 3 aromatic rings. The van der Waals surface area contributed by atoms with Gasteiger partial charge in [-0.05, 0) is 49.4 Å². The average molecular weight is 402 g/mol. The summed E-state index contributed by atoms with van der Waals surface area (Å²) in [5, 5.41) is 14.2. The van der Waals surface area contributed by atoms with Crippen molar-refractivity contribution in [3.63, 3.8) is 0 Å². The Morgan fingerprint density at radius 2 is 1.89 bits per heavy atom. The lowest BCUT2D eigenvalue weighted by Gasteiger charge is -2.14. The van der Waals surface area contributed by atoms with Crippen molar-refractivity contribution >= 4 is 34.4 Å². The first-order valence-corrected chi connectivity index (χ1v) is 8.91. The molecule has 0 atom stereocenters. The highest BCUT2D eigenvalue weighted by atomic mass is 35.5. The Labute approximate surface area is 167 Å². The number of hydroxylamine groups is 2. The van der Waals surface area contributed by atoms with Crippen molar-refractivity contribution in [3.8, 4) is 5.75 Å². The van der Waals surface area contributed by atoms with Gasteiger partial charge < -0.3 is 10.1 Å². The molecule has 2 amide bonds. The quantitative estimate of drug-likeness (QED) is 0.514. The molecule has 146 valence electrons. The van der Waals surface area contributed by atoms with Gasteiger partial charge in [0, 0.05) is 34.3 Å². The second-order valence-electron chi connectivity index (χ2n) is 6.21. The zero-order chi connectivity index (χ0) is 20.4. The molecule has 1 aromatic heterocycles. The molecule has 0 saturated carbocycles. The SMILES string of the molecule is CNC(=O)N(O)Cc1c(C)n(C(=O)c2ccc(Cl)cc2)c2ccc(OC)cc12. The number of hydrogen-bond donors (Lipinski definition) is 2. The van der Waals surface area contributed by atoms with E-state index in [0.29, 0.717) is 43.6 Å². The summed E-state index contributed by atoms with van der Waals surface area (Å²) in [5.74, 6) is 0.370. The van der Waals surface area contributed by atoms with Gasteiger partial charge >= 0.3 is 6.03 Å². The molecule has 2 N–H and O–H groups in total. The van der Waals surface area contributed by atoms with Gasteiger partial charge in [-0.2, -0.15) is 0 Å².